The summed E-state index contributed by atoms with van der Waals surface area (Å²) < 4.78 is 5.99. The van der Waals surface area contributed by atoms with E-state index in [9.17, 15) is 14.9 Å². The average molecular weight is 426 g/mol. The Balaban J connectivity index is 1.63. The second kappa shape index (κ2) is 9.24. The van der Waals surface area contributed by atoms with Gasteiger partial charge in [0, 0.05) is 24.0 Å². The molecule has 152 valence electrons. The maximum absolute atomic E-state index is 12.5. The van der Waals surface area contributed by atoms with Crippen molar-refractivity contribution >= 4 is 28.9 Å². The Hall–Kier alpha value is -3.95. The Kier molecular flexibility index (Phi) is 6.06. The summed E-state index contributed by atoms with van der Waals surface area (Å²) in [5.41, 5.74) is 2.49. The third-order valence-corrected chi connectivity index (χ3v) is 5.66. The molecule has 0 saturated heterocycles. The number of nitrogens with one attached hydrogen (secondary N) is 1. The van der Waals surface area contributed by atoms with Crippen LogP contribution in [0.2, 0.25) is 0 Å². The molecule has 0 aliphatic carbocycles. The first-order valence-corrected chi connectivity index (χ1v) is 10.6. The number of furan rings is 1. The normalized spacial score (nSPS) is 10.4. The van der Waals surface area contributed by atoms with Gasteiger partial charge in [0.15, 0.2) is 5.78 Å². The summed E-state index contributed by atoms with van der Waals surface area (Å²) in [6, 6.07) is 24.6. The highest BCUT2D eigenvalue weighted by Crippen LogP contribution is 2.41. The summed E-state index contributed by atoms with van der Waals surface area (Å²) in [6.45, 7) is 0. The molecule has 1 amide bonds. The molecule has 0 aliphatic heterocycles. The van der Waals surface area contributed by atoms with E-state index in [0.29, 0.717) is 16.2 Å². The summed E-state index contributed by atoms with van der Waals surface area (Å²) in [7, 11) is 0. The third kappa shape index (κ3) is 4.47. The van der Waals surface area contributed by atoms with Crippen molar-refractivity contribution < 1.29 is 14.0 Å². The van der Waals surface area contributed by atoms with E-state index in [-0.39, 0.29) is 36.0 Å². The van der Waals surface area contributed by atoms with E-state index < -0.39 is 0 Å². The lowest BCUT2D eigenvalue weighted by atomic mass is 9.98. The van der Waals surface area contributed by atoms with Gasteiger partial charge in [-0.3, -0.25) is 14.9 Å². The number of Topliss-reactive ketones (excluding diaryl/α,β-unsaturated/α-hetero) is 1. The second-order valence-corrected chi connectivity index (χ2v) is 7.75. The number of hydrogen-bond donors (Lipinski definition) is 1. The zero-order valence-corrected chi connectivity index (χ0v) is 17.3. The summed E-state index contributed by atoms with van der Waals surface area (Å²) in [5.74, 6) is 0.136. The van der Waals surface area contributed by atoms with Crippen LogP contribution in [0.5, 0.6) is 0 Å². The van der Waals surface area contributed by atoms with E-state index in [1.807, 2.05) is 66.0 Å². The lowest BCUT2D eigenvalue weighted by Gasteiger charge is -2.03. The van der Waals surface area contributed by atoms with E-state index >= 15 is 0 Å². The molecule has 4 aromatic rings. The van der Waals surface area contributed by atoms with Gasteiger partial charge >= 0.3 is 0 Å². The number of carbonyl (C=O) groups is 2. The number of thiophene rings is 1. The SMILES string of the molecule is N#Cc1c(NC(=O)CCC(=O)c2cccs2)oc(-c2ccccc2)c1-c1ccccc1. The molecule has 0 aliphatic rings. The van der Waals surface area contributed by atoms with Gasteiger partial charge in [0.25, 0.3) is 0 Å². The fourth-order valence-corrected chi connectivity index (χ4v) is 3.97. The van der Waals surface area contributed by atoms with Gasteiger partial charge in [-0.25, -0.2) is 0 Å². The topological polar surface area (TPSA) is 83.1 Å². The molecule has 2 aromatic carbocycles. The quantitative estimate of drug-likeness (QED) is 0.359. The number of hydrogen-bond acceptors (Lipinski definition) is 5. The van der Waals surface area contributed by atoms with Crippen molar-refractivity contribution in [3.05, 3.63) is 88.6 Å². The highest BCUT2D eigenvalue weighted by molar-refractivity contribution is 7.12. The molecule has 2 aromatic heterocycles. The molecule has 2 heterocycles. The van der Waals surface area contributed by atoms with Crippen LogP contribution in [-0.4, -0.2) is 11.7 Å². The molecule has 0 radical (unpaired) electrons. The fraction of sp³-hybridized carbons (Fsp3) is 0.0800. The van der Waals surface area contributed by atoms with Crippen molar-refractivity contribution in [2.45, 2.75) is 12.8 Å². The first-order chi connectivity index (χ1) is 15.2. The van der Waals surface area contributed by atoms with Crippen LogP contribution in [0.4, 0.5) is 5.88 Å². The minimum Gasteiger partial charge on any atom is -0.438 e. The Labute approximate surface area is 183 Å². The van der Waals surface area contributed by atoms with Crippen LogP contribution in [0.25, 0.3) is 22.5 Å². The first kappa shape index (κ1) is 20.3. The van der Waals surface area contributed by atoms with E-state index in [4.69, 9.17) is 4.42 Å². The molecular formula is C25H18N2O3S. The highest BCUT2D eigenvalue weighted by atomic mass is 32.1. The van der Waals surface area contributed by atoms with Gasteiger partial charge in [-0.2, -0.15) is 5.26 Å². The van der Waals surface area contributed by atoms with Crippen LogP contribution in [-0.2, 0) is 4.79 Å². The Morgan fingerprint density at radius 1 is 0.903 bits per heavy atom. The molecule has 1 N–H and O–H groups in total. The monoisotopic (exact) mass is 426 g/mol. The van der Waals surface area contributed by atoms with Gasteiger partial charge in [-0.1, -0.05) is 66.7 Å². The Morgan fingerprint density at radius 2 is 1.58 bits per heavy atom. The number of nitrogens with zero attached hydrogens (tertiary/aromatic N) is 1. The predicted octanol–water partition coefficient (Wildman–Crippen LogP) is 6.15. The van der Waals surface area contributed by atoms with E-state index in [1.54, 1.807) is 12.1 Å². The Bertz CT molecular complexity index is 1240. The Morgan fingerprint density at radius 3 is 2.19 bits per heavy atom. The third-order valence-electron chi connectivity index (χ3n) is 4.75. The van der Waals surface area contributed by atoms with E-state index in [0.717, 1.165) is 11.1 Å². The number of benzene rings is 2. The second-order valence-electron chi connectivity index (χ2n) is 6.80. The van der Waals surface area contributed by atoms with Gasteiger partial charge in [-0.15, -0.1) is 11.3 Å². The number of amides is 1. The van der Waals surface area contributed by atoms with Crippen molar-refractivity contribution in [1.82, 2.24) is 0 Å². The van der Waals surface area contributed by atoms with Crippen molar-refractivity contribution in [2.24, 2.45) is 0 Å². The van der Waals surface area contributed by atoms with Crippen LogP contribution in [0.3, 0.4) is 0 Å². The summed E-state index contributed by atoms with van der Waals surface area (Å²) in [5, 5.41) is 14.4. The fourth-order valence-electron chi connectivity index (χ4n) is 3.28. The number of nitriles is 1. The predicted molar refractivity (Wildman–Crippen MR) is 121 cm³/mol. The lowest BCUT2D eigenvalue weighted by molar-refractivity contribution is -0.116. The molecule has 31 heavy (non-hydrogen) atoms. The smallest absolute Gasteiger partial charge is 0.227 e. The lowest BCUT2D eigenvalue weighted by Crippen LogP contribution is -2.13. The summed E-state index contributed by atoms with van der Waals surface area (Å²) in [4.78, 5) is 25.3. The molecule has 0 bridgehead atoms. The van der Waals surface area contributed by atoms with Crippen molar-refractivity contribution in [3.8, 4) is 28.5 Å². The molecular weight excluding hydrogens is 408 g/mol. The van der Waals surface area contributed by atoms with E-state index in [2.05, 4.69) is 11.4 Å². The van der Waals surface area contributed by atoms with Crippen molar-refractivity contribution in [1.29, 1.82) is 5.26 Å². The first-order valence-electron chi connectivity index (χ1n) is 9.71. The van der Waals surface area contributed by atoms with Crippen molar-refractivity contribution in [2.75, 3.05) is 5.32 Å². The van der Waals surface area contributed by atoms with Crippen LogP contribution in [0, 0.1) is 11.3 Å². The molecule has 0 saturated carbocycles. The van der Waals surface area contributed by atoms with Crippen LogP contribution in [0.15, 0.2) is 82.6 Å². The van der Waals surface area contributed by atoms with Crippen LogP contribution >= 0.6 is 11.3 Å². The van der Waals surface area contributed by atoms with Crippen LogP contribution in [0.1, 0.15) is 28.1 Å². The average Bonchev–Trinajstić information content (AvgIpc) is 3.47. The van der Waals surface area contributed by atoms with Gasteiger partial charge in [0.2, 0.25) is 11.8 Å². The number of carbonyl (C=O) groups excluding carboxylic acids is 2. The molecule has 0 unspecified atom stereocenters. The highest BCUT2D eigenvalue weighted by Gasteiger charge is 2.24. The van der Waals surface area contributed by atoms with Gasteiger partial charge in [0.1, 0.15) is 17.4 Å². The molecule has 4 rings (SSSR count). The minimum absolute atomic E-state index is 0.00361. The molecule has 0 fully saturated rings. The molecule has 0 spiro atoms. The van der Waals surface area contributed by atoms with Gasteiger partial charge in [0.05, 0.1) is 4.88 Å². The zero-order chi connectivity index (χ0) is 21.6. The minimum atomic E-state index is -0.380. The molecule has 0 atom stereocenters. The van der Waals surface area contributed by atoms with Crippen LogP contribution < -0.4 is 5.32 Å². The number of ketones is 1. The maximum Gasteiger partial charge on any atom is 0.227 e. The molecule has 6 heteroatoms. The summed E-state index contributed by atoms with van der Waals surface area (Å²) in [6.07, 6.45) is 0.0929. The summed E-state index contributed by atoms with van der Waals surface area (Å²) >= 11 is 1.35. The standard InChI is InChI=1S/C25H18N2O3S/c26-16-19-23(17-8-3-1-4-9-17)24(18-10-5-2-6-11-18)30-25(19)27-22(29)14-13-20(28)21-12-7-15-31-21/h1-12,15H,13-14H2,(H,27,29). The van der Waals surface area contributed by atoms with Gasteiger partial charge in [-0.05, 0) is 17.0 Å². The number of rotatable bonds is 7. The van der Waals surface area contributed by atoms with Crippen molar-refractivity contribution in [3.63, 3.8) is 0 Å². The largest absolute Gasteiger partial charge is 0.438 e. The molecule has 5 nitrogen and oxygen atoms in total. The maximum atomic E-state index is 12.5. The zero-order valence-electron chi connectivity index (χ0n) is 16.5. The van der Waals surface area contributed by atoms with E-state index in [1.165, 1.54) is 11.3 Å². The van der Waals surface area contributed by atoms with Gasteiger partial charge < -0.3 is 4.42 Å². The number of anilines is 1.